The Morgan fingerprint density at radius 1 is 1.39 bits per heavy atom. The lowest BCUT2D eigenvalue weighted by Crippen LogP contribution is -2.36. The van der Waals surface area contributed by atoms with Gasteiger partial charge in [0.2, 0.25) is 0 Å². The van der Waals surface area contributed by atoms with E-state index >= 15 is 0 Å². The fourth-order valence-corrected chi connectivity index (χ4v) is 2.25. The molecule has 124 valence electrons. The molecular weight excluding hydrogens is 286 g/mol. The van der Waals surface area contributed by atoms with Crippen LogP contribution in [0.3, 0.4) is 0 Å². The first-order valence-corrected chi connectivity index (χ1v) is 8.15. The number of nitrogens with zero attached hydrogens (tertiary/aromatic N) is 1. The lowest BCUT2D eigenvalue weighted by Gasteiger charge is -2.26. The molecule has 0 spiro atoms. The number of carbonyl (C=O) groups excluding carboxylic acids is 1. The first kappa shape index (κ1) is 19.0. The van der Waals surface area contributed by atoms with Crippen LogP contribution in [0.2, 0.25) is 0 Å². The van der Waals surface area contributed by atoms with Gasteiger partial charge in [0.05, 0.1) is 19.6 Å². The molecule has 1 aromatic rings. The maximum atomic E-state index is 11.7. The first-order valence-electron chi connectivity index (χ1n) is 8.15. The third-order valence-corrected chi connectivity index (χ3v) is 3.54. The van der Waals surface area contributed by atoms with Crippen LogP contribution in [0.4, 0.5) is 0 Å². The summed E-state index contributed by atoms with van der Waals surface area (Å²) in [6.45, 7) is 7.39. The molecule has 0 aliphatic rings. The van der Waals surface area contributed by atoms with Crippen LogP contribution in [-0.4, -0.2) is 30.6 Å². The normalized spacial score (nSPS) is 11.4. The minimum absolute atomic E-state index is 0.155. The van der Waals surface area contributed by atoms with Crippen LogP contribution >= 0.6 is 0 Å². The van der Waals surface area contributed by atoms with Crippen molar-refractivity contribution in [1.29, 1.82) is 0 Å². The second kappa shape index (κ2) is 11.5. The fraction of sp³-hybridized carbons (Fsp3) is 0.450. The van der Waals surface area contributed by atoms with Crippen molar-refractivity contribution in [3.05, 3.63) is 48.6 Å². The van der Waals surface area contributed by atoms with E-state index < -0.39 is 0 Å². The summed E-state index contributed by atoms with van der Waals surface area (Å²) < 4.78 is 4.83. The van der Waals surface area contributed by atoms with Gasteiger partial charge in [0, 0.05) is 19.5 Å². The molecule has 0 saturated heterocycles. The van der Waals surface area contributed by atoms with Gasteiger partial charge >= 0.3 is 5.97 Å². The van der Waals surface area contributed by atoms with Crippen molar-refractivity contribution in [2.45, 2.75) is 45.2 Å². The van der Waals surface area contributed by atoms with Gasteiger partial charge in [0.25, 0.3) is 0 Å². The van der Waals surface area contributed by atoms with Crippen LogP contribution in [0, 0.1) is 11.8 Å². The van der Waals surface area contributed by atoms with E-state index in [0.717, 1.165) is 25.8 Å². The van der Waals surface area contributed by atoms with E-state index in [0.29, 0.717) is 6.54 Å². The highest BCUT2D eigenvalue weighted by Crippen LogP contribution is 2.12. The summed E-state index contributed by atoms with van der Waals surface area (Å²) in [6.07, 6.45) is 5.19. The van der Waals surface area contributed by atoms with Gasteiger partial charge in [-0.05, 0) is 12.0 Å². The summed E-state index contributed by atoms with van der Waals surface area (Å²) in [5.41, 5.74) is 1.19. The van der Waals surface area contributed by atoms with Crippen molar-refractivity contribution in [2.24, 2.45) is 0 Å². The topological polar surface area (TPSA) is 29.5 Å². The molecule has 3 nitrogen and oxygen atoms in total. The number of hydrogen-bond acceptors (Lipinski definition) is 3. The minimum Gasteiger partial charge on any atom is -0.469 e. The van der Waals surface area contributed by atoms with Crippen molar-refractivity contribution >= 4 is 5.97 Å². The molecule has 0 aliphatic carbocycles. The minimum atomic E-state index is -0.234. The molecule has 23 heavy (non-hydrogen) atoms. The maximum Gasteiger partial charge on any atom is 0.308 e. The van der Waals surface area contributed by atoms with Crippen LogP contribution in [-0.2, 0) is 16.1 Å². The summed E-state index contributed by atoms with van der Waals surface area (Å²) in [7, 11) is 1.42. The first-order chi connectivity index (χ1) is 11.2. The number of hydrogen-bond donors (Lipinski definition) is 0. The number of rotatable bonds is 9. The zero-order valence-electron chi connectivity index (χ0n) is 14.3. The number of esters is 1. The maximum absolute atomic E-state index is 11.7. The van der Waals surface area contributed by atoms with Gasteiger partial charge in [-0.25, -0.2) is 0 Å². The highest BCUT2D eigenvalue weighted by Gasteiger charge is 2.19. The lowest BCUT2D eigenvalue weighted by molar-refractivity contribution is -0.141. The number of methoxy groups -OCH3 is 1. The monoisotopic (exact) mass is 313 g/mol. The van der Waals surface area contributed by atoms with E-state index in [4.69, 9.17) is 4.74 Å². The van der Waals surface area contributed by atoms with Gasteiger partial charge < -0.3 is 4.74 Å². The molecule has 0 radical (unpaired) electrons. The van der Waals surface area contributed by atoms with E-state index in [1.54, 1.807) is 0 Å². The van der Waals surface area contributed by atoms with Gasteiger partial charge in [0.15, 0.2) is 0 Å². The Labute approximate surface area is 140 Å². The Morgan fingerprint density at radius 2 is 2.13 bits per heavy atom. The molecule has 3 heteroatoms. The predicted octanol–water partition coefficient (Wildman–Crippen LogP) is 3.80. The zero-order chi connectivity index (χ0) is 16.9. The van der Waals surface area contributed by atoms with Gasteiger partial charge in [-0.15, -0.1) is 12.5 Å². The standard InChI is InChI=1S/C20H27NO2/c1-4-6-7-11-14-19(16-20(22)23-3)21(15-5-2)17-18-12-9-8-10-13-18/h5,8-10,12-13,19H,2,4,6-7,15-17H2,1,3H3. The van der Waals surface area contributed by atoms with Crippen molar-refractivity contribution in [1.82, 2.24) is 4.90 Å². The summed E-state index contributed by atoms with van der Waals surface area (Å²) >= 11 is 0. The largest absolute Gasteiger partial charge is 0.469 e. The van der Waals surface area contributed by atoms with E-state index in [1.807, 2.05) is 24.3 Å². The molecule has 0 N–H and O–H groups in total. The molecule has 0 amide bonds. The average molecular weight is 313 g/mol. The second-order valence-electron chi connectivity index (χ2n) is 5.42. The highest BCUT2D eigenvalue weighted by molar-refractivity contribution is 5.70. The molecule has 1 unspecified atom stereocenters. The van der Waals surface area contributed by atoms with Gasteiger partial charge in [-0.2, -0.15) is 0 Å². The quantitative estimate of drug-likeness (QED) is 0.300. The molecule has 1 rings (SSSR count). The number of benzene rings is 1. The van der Waals surface area contributed by atoms with Crippen LogP contribution < -0.4 is 0 Å². The third-order valence-electron chi connectivity index (χ3n) is 3.54. The highest BCUT2D eigenvalue weighted by atomic mass is 16.5. The Morgan fingerprint density at radius 3 is 2.74 bits per heavy atom. The van der Waals surface area contributed by atoms with Crippen LogP contribution in [0.25, 0.3) is 0 Å². The summed E-state index contributed by atoms with van der Waals surface area (Å²) in [5, 5.41) is 0. The molecule has 0 bridgehead atoms. The van der Waals surface area contributed by atoms with E-state index in [-0.39, 0.29) is 18.4 Å². The average Bonchev–Trinajstić information content (AvgIpc) is 2.58. The lowest BCUT2D eigenvalue weighted by atomic mass is 10.1. The molecule has 0 aliphatic heterocycles. The number of unbranched alkanes of at least 4 members (excludes halogenated alkanes) is 2. The van der Waals surface area contributed by atoms with Gasteiger partial charge in [-0.1, -0.05) is 55.7 Å². The Bertz CT molecular complexity index is 528. The number of ether oxygens (including phenoxy) is 1. The third kappa shape index (κ3) is 7.67. The van der Waals surface area contributed by atoms with E-state index in [2.05, 4.69) is 42.4 Å². The van der Waals surface area contributed by atoms with Crippen molar-refractivity contribution in [3.8, 4) is 11.8 Å². The smallest absolute Gasteiger partial charge is 0.308 e. The zero-order valence-corrected chi connectivity index (χ0v) is 14.3. The van der Waals surface area contributed by atoms with Crippen molar-refractivity contribution < 1.29 is 9.53 Å². The van der Waals surface area contributed by atoms with Crippen LogP contribution in [0.15, 0.2) is 43.0 Å². The fourth-order valence-electron chi connectivity index (χ4n) is 2.25. The molecule has 0 heterocycles. The van der Waals surface area contributed by atoms with Gasteiger partial charge in [-0.3, -0.25) is 9.69 Å². The Hall–Kier alpha value is -2.05. The van der Waals surface area contributed by atoms with Crippen LogP contribution in [0.1, 0.15) is 38.2 Å². The molecule has 0 aromatic heterocycles. The molecule has 0 fully saturated rings. The summed E-state index contributed by atoms with van der Waals surface area (Å²) in [5.74, 6) is 6.22. The molecule has 1 aromatic carbocycles. The summed E-state index contributed by atoms with van der Waals surface area (Å²) in [4.78, 5) is 13.9. The Kier molecular flexibility index (Phi) is 9.51. The predicted molar refractivity (Wildman–Crippen MR) is 94.8 cm³/mol. The number of carbonyl (C=O) groups is 1. The van der Waals surface area contributed by atoms with Crippen molar-refractivity contribution in [2.75, 3.05) is 13.7 Å². The molecule has 1 atom stereocenters. The molecule has 0 saturated carbocycles. The SMILES string of the molecule is C=CCN(Cc1ccccc1)C(C#CCCCC)CC(=O)OC. The summed E-state index contributed by atoms with van der Waals surface area (Å²) in [6, 6.07) is 10.0. The Balaban J connectivity index is 2.87. The van der Waals surface area contributed by atoms with E-state index in [1.165, 1.54) is 12.7 Å². The van der Waals surface area contributed by atoms with E-state index in [9.17, 15) is 4.79 Å². The van der Waals surface area contributed by atoms with Gasteiger partial charge in [0.1, 0.15) is 0 Å². The second-order valence-corrected chi connectivity index (χ2v) is 5.42. The van der Waals surface area contributed by atoms with Crippen LogP contribution in [0.5, 0.6) is 0 Å². The molecular formula is C20H27NO2. The van der Waals surface area contributed by atoms with Crippen molar-refractivity contribution in [3.63, 3.8) is 0 Å².